The van der Waals surface area contributed by atoms with Crippen LogP contribution in [-0.4, -0.2) is 83.6 Å². The second-order valence-electron chi connectivity index (χ2n) is 11.3. The van der Waals surface area contributed by atoms with Crippen LogP contribution in [0.4, 0.5) is 4.79 Å². The van der Waals surface area contributed by atoms with E-state index >= 15 is 0 Å². The molecule has 5 aromatic rings. The fourth-order valence-corrected chi connectivity index (χ4v) is 5.78. The summed E-state index contributed by atoms with van der Waals surface area (Å²) in [6.07, 6.45) is 6.21. The summed E-state index contributed by atoms with van der Waals surface area (Å²) in [6, 6.07) is 19.0. The molecule has 220 valence electrons. The van der Waals surface area contributed by atoms with Crippen molar-refractivity contribution >= 4 is 17.3 Å². The number of piperazine rings is 1. The van der Waals surface area contributed by atoms with Crippen LogP contribution in [0, 0.1) is 11.3 Å². The summed E-state index contributed by atoms with van der Waals surface area (Å²) in [5.74, 6) is 1.19. The Morgan fingerprint density at radius 3 is 2.67 bits per heavy atom. The number of fused-ring (bicyclic) bond motifs is 1. The number of nitrogens with zero attached hydrogens (tertiary/aromatic N) is 7. The van der Waals surface area contributed by atoms with Crippen LogP contribution in [-0.2, 0) is 17.7 Å². The van der Waals surface area contributed by atoms with Crippen LogP contribution in [0.2, 0.25) is 0 Å². The number of imidazole rings is 1. The fraction of sp³-hybridized carbons (Fsp3) is 0.355. The van der Waals surface area contributed by atoms with Crippen LogP contribution in [0.3, 0.4) is 0 Å². The van der Waals surface area contributed by atoms with Gasteiger partial charge < -0.3 is 19.2 Å². The lowest BCUT2D eigenvalue weighted by molar-refractivity contribution is 0.0609. The maximum Gasteiger partial charge on any atom is 0.409 e. The van der Waals surface area contributed by atoms with Crippen LogP contribution in [0.15, 0.2) is 67.1 Å². The van der Waals surface area contributed by atoms with E-state index in [1.54, 1.807) is 12.5 Å². The molecule has 1 aliphatic carbocycles. The Kier molecular flexibility index (Phi) is 7.42. The number of nitrogens with one attached hydrogen (secondary N) is 3. The zero-order valence-corrected chi connectivity index (χ0v) is 23.8. The lowest BCUT2D eigenvalue weighted by Crippen LogP contribution is -2.50. The second-order valence-corrected chi connectivity index (χ2v) is 11.3. The van der Waals surface area contributed by atoms with Gasteiger partial charge in [-0.05, 0) is 42.4 Å². The Hall–Kier alpha value is -4.84. The van der Waals surface area contributed by atoms with Gasteiger partial charge in [-0.15, -0.1) is 0 Å². The maximum atomic E-state index is 12.7. The van der Waals surface area contributed by atoms with Crippen molar-refractivity contribution in [3.63, 3.8) is 0 Å². The van der Waals surface area contributed by atoms with Gasteiger partial charge in [0.05, 0.1) is 25.7 Å². The highest BCUT2D eigenvalue weighted by atomic mass is 16.6. The largest absolute Gasteiger partial charge is 0.449 e. The quantitative estimate of drug-likeness (QED) is 0.243. The third kappa shape index (κ3) is 5.91. The predicted octanol–water partition coefficient (Wildman–Crippen LogP) is 3.52. The first-order valence-electron chi connectivity index (χ1n) is 14.8. The van der Waals surface area contributed by atoms with Gasteiger partial charge in [-0.25, -0.2) is 14.8 Å². The molecule has 3 N–H and O–H groups in total. The lowest BCUT2D eigenvalue weighted by Gasteiger charge is -2.39. The molecule has 1 saturated carbocycles. The van der Waals surface area contributed by atoms with Gasteiger partial charge in [-0.2, -0.15) is 15.4 Å². The summed E-state index contributed by atoms with van der Waals surface area (Å²) in [4.78, 5) is 29.2. The number of H-pyrrole nitrogens is 2. The summed E-state index contributed by atoms with van der Waals surface area (Å²) in [6.45, 7) is 3.70. The van der Waals surface area contributed by atoms with Crippen molar-refractivity contribution in [1.82, 2.24) is 44.7 Å². The number of ether oxygens (including phenoxy) is 1. The number of rotatable bonds is 9. The van der Waals surface area contributed by atoms with Crippen molar-refractivity contribution in [2.75, 3.05) is 32.8 Å². The molecule has 12 heteroatoms. The Bertz CT molecular complexity index is 1750. The molecule has 4 heterocycles. The first kappa shape index (κ1) is 27.0. The molecule has 1 amide bonds. The standard InChI is InChI=1S/C31H34N10O2/c32-28-27-30(34-20-33-27)41(18-25-17-35-38-37-25)29(36-28)24-8-4-7-23(16-24)26(15-21-5-2-1-3-6-21)39-11-13-40(14-12-39)31(42)43-19-22-9-10-22/h1-8,16-17,20,22,26,32H,9-15,18-19H2,(H,33,34)(H,35,37,38)/t26-/m0/s1. The van der Waals surface area contributed by atoms with E-state index in [0.717, 1.165) is 49.2 Å². The molecule has 43 heavy (non-hydrogen) atoms. The number of carbonyl (C=O) groups excluding carboxylic acids is 1. The van der Waals surface area contributed by atoms with Gasteiger partial charge in [0.1, 0.15) is 17.0 Å². The van der Waals surface area contributed by atoms with Gasteiger partial charge in [0, 0.05) is 37.8 Å². The molecule has 12 nitrogen and oxygen atoms in total. The summed E-state index contributed by atoms with van der Waals surface area (Å²) in [5.41, 5.74) is 5.36. The van der Waals surface area contributed by atoms with Crippen molar-refractivity contribution in [3.8, 4) is 11.4 Å². The van der Waals surface area contributed by atoms with Gasteiger partial charge in [0.2, 0.25) is 0 Å². The topological polar surface area (TPSA) is 145 Å². The molecule has 0 spiro atoms. The molecule has 0 bridgehead atoms. The van der Waals surface area contributed by atoms with Gasteiger partial charge in [-0.1, -0.05) is 48.5 Å². The molecule has 1 saturated heterocycles. The van der Waals surface area contributed by atoms with Crippen LogP contribution < -0.4 is 5.49 Å². The third-order valence-corrected chi connectivity index (χ3v) is 8.32. The zero-order chi connectivity index (χ0) is 29.2. The predicted molar refractivity (Wildman–Crippen MR) is 159 cm³/mol. The van der Waals surface area contributed by atoms with E-state index in [-0.39, 0.29) is 17.6 Å². The summed E-state index contributed by atoms with van der Waals surface area (Å²) >= 11 is 0. The monoisotopic (exact) mass is 578 g/mol. The molecule has 1 aliphatic heterocycles. The van der Waals surface area contributed by atoms with Gasteiger partial charge in [-0.3, -0.25) is 10.3 Å². The van der Waals surface area contributed by atoms with E-state index in [1.807, 2.05) is 21.6 Å². The summed E-state index contributed by atoms with van der Waals surface area (Å²) < 4.78 is 7.53. The molecule has 2 aromatic carbocycles. The van der Waals surface area contributed by atoms with Crippen molar-refractivity contribution in [1.29, 1.82) is 5.41 Å². The fourth-order valence-electron chi connectivity index (χ4n) is 5.78. The molecule has 3 aromatic heterocycles. The van der Waals surface area contributed by atoms with Crippen molar-refractivity contribution in [3.05, 3.63) is 89.4 Å². The average molecular weight is 579 g/mol. The number of carbonyl (C=O) groups is 1. The molecule has 7 rings (SSSR count). The average Bonchev–Trinajstić information content (AvgIpc) is 3.48. The van der Waals surface area contributed by atoms with Gasteiger partial charge in [0.25, 0.3) is 0 Å². The first-order chi connectivity index (χ1) is 21.1. The number of benzene rings is 2. The Morgan fingerprint density at radius 1 is 1.07 bits per heavy atom. The van der Waals surface area contributed by atoms with E-state index in [0.29, 0.717) is 49.1 Å². The summed E-state index contributed by atoms with van der Waals surface area (Å²) in [5, 5.41) is 19.5. The first-order valence-corrected chi connectivity index (χ1v) is 14.8. The molecule has 2 fully saturated rings. The van der Waals surface area contributed by atoms with Crippen molar-refractivity contribution in [2.45, 2.75) is 31.8 Å². The number of hydrogen-bond acceptors (Lipinski definition) is 8. The van der Waals surface area contributed by atoms with E-state index < -0.39 is 0 Å². The van der Waals surface area contributed by atoms with Crippen LogP contribution >= 0.6 is 0 Å². The lowest BCUT2D eigenvalue weighted by atomic mass is 9.95. The van der Waals surface area contributed by atoms with E-state index in [9.17, 15) is 4.79 Å². The van der Waals surface area contributed by atoms with Crippen LogP contribution in [0.1, 0.15) is 35.7 Å². The van der Waals surface area contributed by atoms with Crippen LogP contribution in [0.25, 0.3) is 22.6 Å². The molecule has 0 radical (unpaired) electrons. The van der Waals surface area contributed by atoms with Crippen LogP contribution in [0.5, 0.6) is 0 Å². The van der Waals surface area contributed by atoms with E-state index in [2.05, 4.69) is 72.7 Å². The molecule has 2 aliphatic rings. The zero-order valence-electron chi connectivity index (χ0n) is 23.8. The van der Waals surface area contributed by atoms with Crippen molar-refractivity contribution in [2.24, 2.45) is 5.92 Å². The van der Waals surface area contributed by atoms with E-state index in [1.165, 1.54) is 5.56 Å². The highest BCUT2D eigenvalue weighted by Crippen LogP contribution is 2.31. The second kappa shape index (κ2) is 11.8. The van der Waals surface area contributed by atoms with Gasteiger partial charge >= 0.3 is 6.09 Å². The molecule has 1 atom stereocenters. The molecular formula is C31H34N10O2. The number of hydrogen-bond donors (Lipinski definition) is 3. The minimum Gasteiger partial charge on any atom is -0.449 e. The van der Waals surface area contributed by atoms with Crippen molar-refractivity contribution < 1.29 is 9.53 Å². The SMILES string of the molecule is N=c1nc(-c2cccc([C@H](Cc3ccccc3)N3CCN(C(=O)OCC4CC4)CC3)c2)n(Cc2cn[nH]n2)c2nc[nH]c12. The Morgan fingerprint density at radius 2 is 1.91 bits per heavy atom. The van der Waals surface area contributed by atoms with Gasteiger partial charge in [0.15, 0.2) is 11.1 Å². The number of aromatic nitrogens is 7. The normalized spacial score (nSPS) is 16.4. The minimum absolute atomic E-state index is 0.0839. The molecular weight excluding hydrogens is 544 g/mol. The number of amides is 1. The smallest absolute Gasteiger partial charge is 0.409 e. The third-order valence-electron chi connectivity index (χ3n) is 8.32. The summed E-state index contributed by atoms with van der Waals surface area (Å²) in [7, 11) is 0. The maximum absolute atomic E-state index is 12.7. The highest BCUT2D eigenvalue weighted by molar-refractivity contribution is 5.73. The number of aromatic amines is 2. The molecule has 0 unspecified atom stereocenters. The van der Waals surface area contributed by atoms with E-state index in [4.69, 9.17) is 15.1 Å². The Labute approximate surface area is 248 Å². The minimum atomic E-state index is -0.198. The Balaban J connectivity index is 1.20. The highest BCUT2D eigenvalue weighted by Gasteiger charge is 2.30.